The lowest BCUT2D eigenvalue weighted by Crippen LogP contribution is -2.49. The van der Waals surface area contributed by atoms with Crippen molar-refractivity contribution in [3.63, 3.8) is 0 Å². The minimum atomic E-state index is -4.03. The first kappa shape index (κ1) is 18.6. The normalized spacial score (nSPS) is 19.5. The van der Waals surface area contributed by atoms with Crippen LogP contribution in [0.25, 0.3) is 0 Å². The molecule has 0 bridgehead atoms. The summed E-state index contributed by atoms with van der Waals surface area (Å²) in [6.45, 7) is 0.205. The number of pyridine rings is 1. The monoisotopic (exact) mass is 438 g/mol. The Morgan fingerprint density at radius 1 is 1.10 bits per heavy atom. The number of sulfonamides is 1. The van der Waals surface area contributed by atoms with Gasteiger partial charge in [-0.3, -0.25) is 14.6 Å². The number of carbonyl (C=O) groups excluding carboxylic acids is 2. The van der Waals surface area contributed by atoms with Crippen LogP contribution in [0.3, 0.4) is 0 Å². The highest BCUT2D eigenvalue weighted by Crippen LogP contribution is 2.38. The SMILES string of the molecule is O=C1c2sccc2N(Cc2cccnc2)C(=O)C1C1=NS(=O)(=O)c2ccccc2N1. The number of para-hydroxylation sites is 1. The third-order valence-corrected chi connectivity index (χ3v) is 7.18. The number of Topliss-reactive ketones (excluding diaryl/α,β-unsaturated/α-hetero) is 1. The van der Waals surface area contributed by atoms with E-state index in [9.17, 15) is 18.0 Å². The number of carbonyl (C=O) groups is 2. The number of nitrogens with zero attached hydrogens (tertiary/aromatic N) is 3. The third kappa shape index (κ3) is 2.92. The molecule has 0 fully saturated rings. The number of nitrogens with one attached hydrogen (secondary N) is 1. The number of hydrogen-bond donors (Lipinski definition) is 1. The van der Waals surface area contributed by atoms with Gasteiger partial charge in [0.15, 0.2) is 11.7 Å². The molecular weight excluding hydrogens is 424 g/mol. The first-order valence-corrected chi connectivity index (χ1v) is 11.3. The Balaban J connectivity index is 1.59. The van der Waals surface area contributed by atoms with Crippen LogP contribution in [-0.2, 0) is 21.4 Å². The molecule has 5 rings (SSSR count). The third-order valence-electron chi connectivity index (χ3n) is 4.92. The van der Waals surface area contributed by atoms with Crippen LogP contribution < -0.4 is 10.2 Å². The highest BCUT2D eigenvalue weighted by Gasteiger charge is 2.45. The number of rotatable bonds is 3. The molecular formula is C20H14N4O4S2. The zero-order chi connectivity index (χ0) is 20.9. The van der Waals surface area contributed by atoms with Crippen LogP contribution in [0.1, 0.15) is 15.2 Å². The summed E-state index contributed by atoms with van der Waals surface area (Å²) in [6.07, 6.45) is 3.27. The molecule has 1 unspecified atom stereocenters. The number of anilines is 2. The molecule has 3 aromatic rings. The summed E-state index contributed by atoms with van der Waals surface area (Å²) in [4.78, 5) is 32.5. The number of benzene rings is 1. The van der Waals surface area contributed by atoms with Crippen molar-refractivity contribution in [2.45, 2.75) is 11.4 Å². The zero-order valence-corrected chi connectivity index (χ0v) is 17.0. The summed E-state index contributed by atoms with van der Waals surface area (Å²) in [5.41, 5.74) is 1.58. The van der Waals surface area contributed by atoms with E-state index in [-0.39, 0.29) is 17.3 Å². The lowest BCUT2D eigenvalue weighted by atomic mass is 9.94. The maximum atomic E-state index is 13.4. The van der Waals surface area contributed by atoms with E-state index in [0.29, 0.717) is 16.3 Å². The van der Waals surface area contributed by atoms with Crippen LogP contribution in [0.15, 0.2) is 69.5 Å². The Hall–Kier alpha value is -3.37. The van der Waals surface area contributed by atoms with E-state index < -0.39 is 27.6 Å². The lowest BCUT2D eigenvalue weighted by molar-refractivity contribution is -0.119. The number of aromatic nitrogens is 1. The van der Waals surface area contributed by atoms with Gasteiger partial charge in [-0.1, -0.05) is 18.2 Å². The van der Waals surface area contributed by atoms with Crippen molar-refractivity contribution < 1.29 is 18.0 Å². The van der Waals surface area contributed by atoms with Crippen LogP contribution >= 0.6 is 11.3 Å². The number of hydrogen-bond acceptors (Lipinski definition) is 7. The molecule has 0 saturated heterocycles. The van der Waals surface area contributed by atoms with Crippen LogP contribution in [0.2, 0.25) is 0 Å². The topological polar surface area (TPSA) is 109 Å². The molecule has 0 spiro atoms. The summed E-state index contributed by atoms with van der Waals surface area (Å²) in [7, 11) is -4.03. The first-order valence-electron chi connectivity index (χ1n) is 8.98. The molecule has 2 aromatic heterocycles. The smallest absolute Gasteiger partial charge is 0.286 e. The minimum Gasteiger partial charge on any atom is -0.341 e. The Bertz CT molecular complexity index is 1320. The molecule has 0 radical (unpaired) electrons. The lowest BCUT2D eigenvalue weighted by Gasteiger charge is -2.32. The molecule has 4 heterocycles. The number of amides is 1. The van der Waals surface area contributed by atoms with Gasteiger partial charge in [0.25, 0.3) is 10.0 Å². The fraction of sp³-hybridized carbons (Fsp3) is 0.100. The summed E-state index contributed by atoms with van der Waals surface area (Å²) >= 11 is 1.21. The van der Waals surface area contributed by atoms with Crippen molar-refractivity contribution in [3.05, 3.63) is 70.7 Å². The minimum absolute atomic E-state index is 0.00786. The maximum absolute atomic E-state index is 13.4. The second-order valence-corrected chi connectivity index (χ2v) is 9.28. The average Bonchev–Trinajstić information content (AvgIpc) is 3.22. The summed E-state index contributed by atoms with van der Waals surface area (Å²) in [5, 5.41) is 4.62. The van der Waals surface area contributed by atoms with E-state index in [1.807, 2.05) is 6.07 Å². The van der Waals surface area contributed by atoms with Crippen molar-refractivity contribution in [1.29, 1.82) is 0 Å². The van der Waals surface area contributed by atoms with Gasteiger partial charge in [0.1, 0.15) is 10.7 Å². The predicted octanol–water partition coefficient (Wildman–Crippen LogP) is 2.70. The second kappa shape index (κ2) is 6.85. The molecule has 1 N–H and O–H groups in total. The van der Waals surface area contributed by atoms with Crippen molar-refractivity contribution in [2.24, 2.45) is 10.3 Å². The van der Waals surface area contributed by atoms with E-state index in [1.165, 1.54) is 22.3 Å². The van der Waals surface area contributed by atoms with Gasteiger partial charge < -0.3 is 10.2 Å². The standard InChI is InChI=1S/C20H14N4O4S2/c25-17-16(19-22-13-5-1-2-6-15(13)30(27,28)23-19)20(26)24(14-7-9-29-18(14)17)11-12-4-3-8-21-10-12/h1-10,16H,11H2,(H,22,23). The van der Waals surface area contributed by atoms with E-state index in [4.69, 9.17) is 0 Å². The van der Waals surface area contributed by atoms with E-state index in [2.05, 4.69) is 14.7 Å². The summed E-state index contributed by atoms with van der Waals surface area (Å²) < 4.78 is 29.1. The molecule has 2 aliphatic heterocycles. The number of ketones is 1. The Morgan fingerprint density at radius 3 is 2.73 bits per heavy atom. The van der Waals surface area contributed by atoms with Gasteiger partial charge in [0.2, 0.25) is 5.91 Å². The van der Waals surface area contributed by atoms with Crippen molar-refractivity contribution in [3.8, 4) is 0 Å². The van der Waals surface area contributed by atoms with E-state index in [1.54, 1.807) is 48.1 Å². The van der Waals surface area contributed by atoms with Crippen LogP contribution in [0.5, 0.6) is 0 Å². The van der Waals surface area contributed by atoms with Gasteiger partial charge in [-0.15, -0.1) is 15.7 Å². The predicted molar refractivity (Wildman–Crippen MR) is 112 cm³/mol. The molecule has 30 heavy (non-hydrogen) atoms. The molecule has 8 nitrogen and oxygen atoms in total. The Kier molecular flexibility index (Phi) is 4.26. The molecule has 1 aromatic carbocycles. The molecule has 1 amide bonds. The van der Waals surface area contributed by atoms with E-state index >= 15 is 0 Å². The van der Waals surface area contributed by atoms with Gasteiger partial charge in [0.05, 0.1) is 22.8 Å². The maximum Gasteiger partial charge on any atom is 0.286 e. The van der Waals surface area contributed by atoms with Crippen LogP contribution in [0.4, 0.5) is 11.4 Å². The number of amidine groups is 1. The molecule has 10 heteroatoms. The van der Waals surface area contributed by atoms with Gasteiger partial charge >= 0.3 is 0 Å². The molecule has 0 saturated carbocycles. The van der Waals surface area contributed by atoms with E-state index in [0.717, 1.165) is 5.56 Å². The van der Waals surface area contributed by atoms with Crippen molar-refractivity contribution in [1.82, 2.24) is 4.98 Å². The second-order valence-electron chi connectivity index (χ2n) is 6.79. The molecule has 2 aliphatic rings. The Morgan fingerprint density at radius 2 is 1.93 bits per heavy atom. The molecule has 150 valence electrons. The van der Waals surface area contributed by atoms with Crippen LogP contribution in [-0.4, -0.2) is 30.9 Å². The van der Waals surface area contributed by atoms with Gasteiger partial charge in [-0.05, 0) is 35.2 Å². The molecule has 0 aliphatic carbocycles. The Labute approximate surface area is 176 Å². The first-order chi connectivity index (χ1) is 14.5. The fourth-order valence-corrected chi connectivity index (χ4v) is 5.58. The van der Waals surface area contributed by atoms with Crippen LogP contribution in [0, 0.1) is 5.92 Å². The van der Waals surface area contributed by atoms with Crippen molar-refractivity contribution in [2.75, 3.05) is 10.2 Å². The molecule has 1 atom stereocenters. The largest absolute Gasteiger partial charge is 0.341 e. The highest BCUT2D eigenvalue weighted by molar-refractivity contribution is 7.90. The summed E-state index contributed by atoms with van der Waals surface area (Å²) in [5.74, 6) is -2.54. The average molecular weight is 438 g/mol. The zero-order valence-electron chi connectivity index (χ0n) is 15.3. The number of fused-ring (bicyclic) bond motifs is 2. The fourth-order valence-electron chi connectivity index (χ4n) is 3.55. The highest BCUT2D eigenvalue weighted by atomic mass is 32.2. The van der Waals surface area contributed by atoms with Crippen molar-refractivity contribution >= 4 is 50.3 Å². The summed E-state index contributed by atoms with van der Waals surface area (Å²) in [6, 6.07) is 11.6. The van der Waals surface area contributed by atoms with Gasteiger partial charge in [-0.2, -0.15) is 8.42 Å². The number of thiophene rings is 1. The van der Waals surface area contributed by atoms with Gasteiger partial charge in [-0.25, -0.2) is 0 Å². The van der Waals surface area contributed by atoms with Gasteiger partial charge in [0, 0.05) is 12.4 Å². The quantitative estimate of drug-likeness (QED) is 0.630.